The summed E-state index contributed by atoms with van der Waals surface area (Å²) in [5.74, 6) is 0. The summed E-state index contributed by atoms with van der Waals surface area (Å²) in [6, 6.07) is 0. The Morgan fingerprint density at radius 2 is 1.09 bits per heavy atom. The monoisotopic (exact) mass is 474 g/mol. The van der Waals surface area contributed by atoms with Crippen molar-refractivity contribution >= 4 is 7.60 Å². The van der Waals surface area contributed by atoms with Gasteiger partial charge in [0, 0.05) is 0 Å². The number of unbranched alkanes of at least 4 members (excludes halogenated alkanes) is 12. The molecule has 0 aliphatic carbocycles. The molecule has 0 rings (SSSR count). The van der Waals surface area contributed by atoms with Crippen LogP contribution in [0.15, 0.2) is 24.3 Å². The summed E-state index contributed by atoms with van der Waals surface area (Å²) in [6.07, 6.45) is 27.1. The van der Waals surface area contributed by atoms with E-state index in [-0.39, 0.29) is 13.0 Å². The molecule has 0 saturated heterocycles. The second-order valence-corrected chi connectivity index (χ2v) is 12.3. The van der Waals surface area contributed by atoms with Gasteiger partial charge in [-0.2, -0.15) is 0 Å². The highest BCUT2D eigenvalue weighted by atomic mass is 31.2. The van der Waals surface area contributed by atoms with E-state index in [0.717, 1.165) is 25.7 Å². The summed E-state index contributed by atoms with van der Waals surface area (Å²) in [4.78, 5) is 19.2. The molecule has 0 aromatic rings. The fraction of sp³-hybridized carbons (Fsp3) is 0.846. The third-order valence-electron chi connectivity index (χ3n) is 5.77. The molecule has 1 unspecified atom stereocenters. The van der Waals surface area contributed by atoms with Crippen LogP contribution < -0.4 is 0 Å². The molecule has 6 heteroatoms. The molecule has 0 amide bonds. The van der Waals surface area contributed by atoms with Crippen LogP contribution in [0.1, 0.15) is 110 Å². The van der Waals surface area contributed by atoms with Gasteiger partial charge in [-0.05, 0) is 51.4 Å². The minimum Gasteiger partial charge on any atom is -0.373 e. The number of aliphatic hydroxyl groups is 1. The Morgan fingerprint density at radius 1 is 0.688 bits per heavy atom. The van der Waals surface area contributed by atoms with Gasteiger partial charge in [0.2, 0.25) is 5.34 Å². The highest BCUT2D eigenvalue weighted by Crippen LogP contribution is 2.52. The van der Waals surface area contributed by atoms with Crippen LogP contribution in [0.5, 0.6) is 0 Å². The molecule has 190 valence electrons. The first-order valence-corrected chi connectivity index (χ1v) is 14.5. The quantitative estimate of drug-likeness (QED) is 0.0729. The lowest BCUT2D eigenvalue weighted by molar-refractivity contribution is -0.875. The van der Waals surface area contributed by atoms with Crippen LogP contribution in [0.3, 0.4) is 0 Å². The van der Waals surface area contributed by atoms with Gasteiger partial charge in [-0.15, -0.1) is 0 Å². The topological polar surface area (TPSA) is 77.8 Å². The summed E-state index contributed by atoms with van der Waals surface area (Å²) in [5.41, 5.74) is 0. The zero-order valence-electron chi connectivity index (χ0n) is 21.5. The fourth-order valence-electron chi connectivity index (χ4n) is 3.98. The predicted molar refractivity (Wildman–Crippen MR) is 138 cm³/mol. The lowest BCUT2D eigenvalue weighted by atomic mass is 10.1. The van der Waals surface area contributed by atoms with Gasteiger partial charge in [0.05, 0.1) is 21.1 Å². The van der Waals surface area contributed by atoms with Crippen LogP contribution in [0, 0.1) is 0 Å². The van der Waals surface area contributed by atoms with Gasteiger partial charge in [-0.3, -0.25) is 4.57 Å². The van der Waals surface area contributed by atoms with E-state index in [2.05, 4.69) is 31.2 Å². The smallest absolute Gasteiger partial charge is 0.362 e. The van der Waals surface area contributed by atoms with E-state index in [9.17, 15) is 19.5 Å². The van der Waals surface area contributed by atoms with Crippen molar-refractivity contribution in [3.63, 3.8) is 0 Å². The molecule has 0 aromatic carbocycles. The summed E-state index contributed by atoms with van der Waals surface area (Å²) >= 11 is 0. The molecule has 32 heavy (non-hydrogen) atoms. The van der Waals surface area contributed by atoms with Crippen molar-refractivity contribution in [2.75, 3.05) is 27.7 Å². The van der Waals surface area contributed by atoms with Crippen molar-refractivity contribution in [2.45, 2.75) is 115 Å². The van der Waals surface area contributed by atoms with Gasteiger partial charge in [0.15, 0.2) is 0 Å². The molecule has 5 nitrogen and oxygen atoms in total. The van der Waals surface area contributed by atoms with Gasteiger partial charge in [-0.25, -0.2) is 0 Å². The first-order chi connectivity index (χ1) is 15.0. The second-order valence-electron chi connectivity index (χ2n) is 10.4. The molecule has 0 radical (unpaired) electrons. The zero-order valence-corrected chi connectivity index (χ0v) is 22.4. The highest BCUT2D eigenvalue weighted by Gasteiger charge is 2.48. The van der Waals surface area contributed by atoms with E-state index in [0.29, 0.717) is 10.9 Å². The number of allylic oxidation sites excluding steroid dienone is 4. The summed E-state index contributed by atoms with van der Waals surface area (Å²) < 4.78 is 12.1. The van der Waals surface area contributed by atoms with E-state index in [1.165, 1.54) is 64.2 Å². The molecular weight excluding hydrogens is 421 g/mol. The molecule has 0 spiro atoms. The van der Waals surface area contributed by atoms with Gasteiger partial charge in [-0.1, -0.05) is 82.6 Å². The zero-order chi connectivity index (χ0) is 24.3. The first kappa shape index (κ1) is 31.6. The Bertz CT molecular complexity index is 551. The molecule has 0 aliphatic rings. The number of hydrogen-bond acceptors (Lipinski definition) is 2. The van der Waals surface area contributed by atoms with Crippen LogP contribution in [-0.4, -0.2) is 52.4 Å². The molecule has 0 saturated carbocycles. The average molecular weight is 475 g/mol. The Morgan fingerprint density at radius 3 is 1.53 bits per heavy atom. The Labute approximate surface area is 198 Å². The van der Waals surface area contributed by atoms with Crippen LogP contribution in [0.2, 0.25) is 0 Å². The van der Waals surface area contributed by atoms with Crippen LogP contribution in [0.25, 0.3) is 0 Å². The molecular formula is C26H53NO4P+. The van der Waals surface area contributed by atoms with Gasteiger partial charge < -0.3 is 19.4 Å². The summed E-state index contributed by atoms with van der Waals surface area (Å²) in [7, 11) is 0.905. The number of quaternary nitrogens is 1. The minimum atomic E-state index is -4.57. The van der Waals surface area contributed by atoms with Crippen LogP contribution in [0.4, 0.5) is 0 Å². The second kappa shape index (κ2) is 18.0. The lowest BCUT2D eigenvalue weighted by Gasteiger charge is -2.35. The van der Waals surface area contributed by atoms with E-state index in [1.807, 2.05) is 21.1 Å². The van der Waals surface area contributed by atoms with Gasteiger partial charge >= 0.3 is 7.60 Å². The molecule has 0 aromatic heterocycles. The number of nitrogens with zero attached hydrogens (tertiary/aromatic N) is 1. The molecule has 0 heterocycles. The highest BCUT2D eigenvalue weighted by molar-refractivity contribution is 7.53. The number of hydrogen-bond donors (Lipinski definition) is 3. The van der Waals surface area contributed by atoms with Gasteiger partial charge in [0.1, 0.15) is 6.54 Å². The predicted octanol–water partition coefficient (Wildman–Crippen LogP) is 6.93. The van der Waals surface area contributed by atoms with Crippen molar-refractivity contribution in [3.05, 3.63) is 24.3 Å². The maximum Gasteiger partial charge on any atom is 0.362 e. The van der Waals surface area contributed by atoms with Crippen molar-refractivity contribution < 1.29 is 23.9 Å². The van der Waals surface area contributed by atoms with E-state index in [4.69, 9.17) is 0 Å². The number of rotatable bonds is 21. The average Bonchev–Trinajstić information content (AvgIpc) is 2.67. The third kappa shape index (κ3) is 18.0. The van der Waals surface area contributed by atoms with Crippen molar-refractivity contribution in [2.24, 2.45) is 0 Å². The number of likely N-dealkylation sites (N-methyl/N-ethyl adjacent to an activating group) is 1. The van der Waals surface area contributed by atoms with E-state index < -0.39 is 12.9 Å². The molecule has 1 atom stereocenters. The summed E-state index contributed by atoms with van der Waals surface area (Å²) in [5, 5.41) is 8.57. The Balaban J connectivity index is 3.72. The molecule has 0 fully saturated rings. The normalized spacial score (nSPS) is 15.1. The third-order valence-corrected chi connectivity index (χ3v) is 7.22. The molecule has 0 aliphatic heterocycles. The molecule has 3 N–H and O–H groups in total. The fourth-order valence-corrected chi connectivity index (χ4v) is 5.04. The molecule has 0 bridgehead atoms. The van der Waals surface area contributed by atoms with E-state index in [1.54, 1.807) is 0 Å². The minimum absolute atomic E-state index is 0.0341. The van der Waals surface area contributed by atoms with E-state index >= 15 is 0 Å². The summed E-state index contributed by atoms with van der Waals surface area (Å²) in [6.45, 7) is 2.30. The lowest BCUT2D eigenvalue weighted by Crippen LogP contribution is -2.49. The Hall–Kier alpha value is -0.450. The van der Waals surface area contributed by atoms with Crippen LogP contribution >= 0.6 is 7.60 Å². The SMILES string of the molecule is CCCCCCCCCCC/C=C\CCC/C=C\CCCC(O)(C[N+](C)(C)C)P(=O)(O)O. The maximum atomic E-state index is 11.8. The first-order valence-electron chi connectivity index (χ1n) is 12.9. The largest absolute Gasteiger partial charge is 0.373 e. The van der Waals surface area contributed by atoms with Gasteiger partial charge in [0.25, 0.3) is 0 Å². The van der Waals surface area contributed by atoms with Crippen molar-refractivity contribution in [1.29, 1.82) is 0 Å². The van der Waals surface area contributed by atoms with Crippen LogP contribution in [-0.2, 0) is 4.57 Å². The maximum absolute atomic E-state index is 11.8. The standard InChI is InChI=1S/C26H52NO4P/c1-5-6-7-8-9-10-11-12-13-14-15-16-17-18-19-20-21-22-23-24-26(28,32(29,30)31)25-27(2,3)4/h15-16,20-21,28H,5-14,17-19,22-25H2,1-4H3,(H-,29,30,31)/p+1/b16-15-,21-20-. The Kier molecular flexibility index (Phi) is 17.7. The van der Waals surface area contributed by atoms with Crippen molar-refractivity contribution in [1.82, 2.24) is 0 Å². The van der Waals surface area contributed by atoms with Crippen molar-refractivity contribution in [3.8, 4) is 0 Å².